The molecule has 0 aliphatic heterocycles. The van der Waals surface area contributed by atoms with Crippen molar-refractivity contribution in [3.05, 3.63) is 47.7 Å². The van der Waals surface area contributed by atoms with Gasteiger partial charge in [0.15, 0.2) is 17.5 Å². The summed E-state index contributed by atoms with van der Waals surface area (Å²) in [7, 11) is 0. The maximum Gasteiger partial charge on any atom is 0.182 e. The van der Waals surface area contributed by atoms with E-state index in [-0.39, 0.29) is 16.5 Å². The van der Waals surface area contributed by atoms with Gasteiger partial charge in [-0.15, -0.1) is 0 Å². The van der Waals surface area contributed by atoms with Crippen LogP contribution in [0.5, 0.6) is 0 Å². The Morgan fingerprint density at radius 1 is 1.16 bits per heavy atom. The Labute approximate surface area is 111 Å². The number of nitrogens with one attached hydrogen (secondary N) is 1. The summed E-state index contributed by atoms with van der Waals surface area (Å²) >= 11 is 4.74. The van der Waals surface area contributed by atoms with Crippen molar-refractivity contribution >= 4 is 28.7 Å². The molecular weight excluding hydrogens is 277 g/mol. The molecule has 8 heteroatoms. The van der Waals surface area contributed by atoms with Gasteiger partial charge in [0.05, 0.1) is 5.69 Å². The molecule has 0 amide bonds. The molecule has 1 aromatic heterocycles. The lowest BCUT2D eigenvalue weighted by molar-refractivity contribution is 0.498. The number of aromatic nitrogens is 2. The molecule has 19 heavy (non-hydrogen) atoms. The van der Waals surface area contributed by atoms with E-state index in [1.807, 2.05) is 0 Å². The molecule has 0 aliphatic rings. The minimum atomic E-state index is -1.32. The molecule has 0 saturated carbocycles. The van der Waals surface area contributed by atoms with E-state index in [9.17, 15) is 13.2 Å². The van der Waals surface area contributed by atoms with Gasteiger partial charge < -0.3 is 11.1 Å². The van der Waals surface area contributed by atoms with E-state index in [2.05, 4.69) is 15.3 Å². The van der Waals surface area contributed by atoms with Gasteiger partial charge in [-0.05, 0) is 0 Å². The molecule has 0 fully saturated rings. The lowest BCUT2D eigenvalue weighted by Gasteiger charge is -2.10. The Morgan fingerprint density at radius 3 is 2.53 bits per heavy atom. The second kappa shape index (κ2) is 5.19. The van der Waals surface area contributed by atoms with E-state index in [1.165, 1.54) is 12.4 Å². The molecule has 98 valence electrons. The largest absolute Gasteiger partial charge is 0.388 e. The summed E-state index contributed by atoms with van der Waals surface area (Å²) < 4.78 is 39.6. The standard InChI is InChI=1S/C11H7F3N4S/c12-5-3-6(13)8(14)7(4-5)18-11-9(10(15)19)16-1-2-17-11/h1-4H,(H2,15,19)(H,17,18). The van der Waals surface area contributed by atoms with Crippen molar-refractivity contribution in [1.82, 2.24) is 9.97 Å². The third kappa shape index (κ3) is 2.79. The lowest BCUT2D eigenvalue weighted by atomic mass is 10.2. The highest BCUT2D eigenvalue weighted by Gasteiger charge is 2.14. The minimum absolute atomic E-state index is 0.0129. The highest BCUT2D eigenvalue weighted by atomic mass is 32.1. The number of hydrogen-bond acceptors (Lipinski definition) is 4. The second-order valence-corrected chi connectivity index (χ2v) is 3.93. The van der Waals surface area contributed by atoms with Crippen LogP contribution in [-0.2, 0) is 0 Å². The Balaban J connectivity index is 2.45. The van der Waals surface area contributed by atoms with Crippen LogP contribution in [0.2, 0.25) is 0 Å². The molecule has 3 N–H and O–H groups in total. The van der Waals surface area contributed by atoms with Crippen LogP contribution < -0.4 is 11.1 Å². The zero-order valence-electron chi connectivity index (χ0n) is 9.32. The fraction of sp³-hybridized carbons (Fsp3) is 0. The summed E-state index contributed by atoms with van der Waals surface area (Å²) in [4.78, 5) is 7.61. The van der Waals surface area contributed by atoms with Gasteiger partial charge in [0.1, 0.15) is 16.5 Å². The number of anilines is 2. The topological polar surface area (TPSA) is 63.8 Å². The van der Waals surface area contributed by atoms with Gasteiger partial charge in [0.2, 0.25) is 0 Å². The highest BCUT2D eigenvalue weighted by Crippen LogP contribution is 2.23. The Morgan fingerprint density at radius 2 is 1.84 bits per heavy atom. The third-order valence-electron chi connectivity index (χ3n) is 2.18. The van der Waals surface area contributed by atoms with Gasteiger partial charge >= 0.3 is 0 Å². The van der Waals surface area contributed by atoms with E-state index >= 15 is 0 Å². The molecule has 0 unspecified atom stereocenters. The molecule has 1 heterocycles. The molecule has 1 aromatic carbocycles. The maximum atomic E-state index is 13.5. The molecular formula is C11H7F3N4S. The molecule has 0 radical (unpaired) electrons. The van der Waals surface area contributed by atoms with E-state index in [0.717, 1.165) is 6.07 Å². The number of nitrogens with zero attached hydrogens (tertiary/aromatic N) is 2. The van der Waals surface area contributed by atoms with Gasteiger partial charge in [-0.25, -0.2) is 23.1 Å². The summed E-state index contributed by atoms with van der Waals surface area (Å²) in [5, 5.41) is 2.41. The summed E-state index contributed by atoms with van der Waals surface area (Å²) in [5.74, 6) is -3.47. The van der Waals surface area contributed by atoms with Crippen LogP contribution in [0, 0.1) is 17.5 Å². The van der Waals surface area contributed by atoms with Crippen LogP contribution in [-0.4, -0.2) is 15.0 Å². The van der Waals surface area contributed by atoms with Crippen LogP contribution in [0.1, 0.15) is 5.69 Å². The first-order chi connectivity index (χ1) is 8.99. The van der Waals surface area contributed by atoms with Crippen LogP contribution in [0.15, 0.2) is 24.5 Å². The summed E-state index contributed by atoms with van der Waals surface area (Å²) in [6, 6.07) is 1.22. The van der Waals surface area contributed by atoms with Gasteiger partial charge in [-0.3, -0.25) is 0 Å². The first-order valence-corrected chi connectivity index (χ1v) is 5.42. The van der Waals surface area contributed by atoms with Gasteiger partial charge in [-0.2, -0.15) is 0 Å². The number of benzene rings is 1. The summed E-state index contributed by atoms with van der Waals surface area (Å²) in [5.41, 5.74) is 5.09. The van der Waals surface area contributed by atoms with Crippen LogP contribution in [0.25, 0.3) is 0 Å². The fourth-order valence-corrected chi connectivity index (χ4v) is 1.53. The number of halogens is 3. The highest BCUT2D eigenvalue weighted by molar-refractivity contribution is 7.80. The van der Waals surface area contributed by atoms with E-state index < -0.39 is 23.1 Å². The van der Waals surface area contributed by atoms with E-state index in [0.29, 0.717) is 6.07 Å². The molecule has 0 atom stereocenters. The number of nitrogens with two attached hydrogens (primary N) is 1. The zero-order chi connectivity index (χ0) is 14.0. The van der Waals surface area contributed by atoms with Gasteiger partial charge in [0, 0.05) is 24.5 Å². The van der Waals surface area contributed by atoms with Crippen LogP contribution >= 0.6 is 12.2 Å². The lowest BCUT2D eigenvalue weighted by Crippen LogP contribution is -2.15. The smallest absolute Gasteiger partial charge is 0.182 e. The fourth-order valence-electron chi connectivity index (χ4n) is 1.38. The zero-order valence-corrected chi connectivity index (χ0v) is 10.1. The quantitative estimate of drug-likeness (QED) is 0.668. The van der Waals surface area contributed by atoms with Crippen molar-refractivity contribution in [1.29, 1.82) is 0 Å². The van der Waals surface area contributed by atoms with Crippen molar-refractivity contribution in [2.75, 3.05) is 5.32 Å². The predicted octanol–water partition coefficient (Wildman–Crippen LogP) is 2.27. The van der Waals surface area contributed by atoms with Gasteiger partial charge in [-0.1, -0.05) is 12.2 Å². The van der Waals surface area contributed by atoms with E-state index in [4.69, 9.17) is 18.0 Å². The summed E-state index contributed by atoms with van der Waals surface area (Å²) in [6.45, 7) is 0. The normalized spacial score (nSPS) is 10.3. The van der Waals surface area contributed by atoms with Crippen molar-refractivity contribution in [3.8, 4) is 0 Å². The molecule has 2 aromatic rings. The van der Waals surface area contributed by atoms with Crippen LogP contribution in [0.3, 0.4) is 0 Å². The second-order valence-electron chi connectivity index (χ2n) is 3.49. The third-order valence-corrected chi connectivity index (χ3v) is 2.37. The molecule has 0 spiro atoms. The van der Waals surface area contributed by atoms with Crippen molar-refractivity contribution in [2.45, 2.75) is 0 Å². The number of hydrogen-bond donors (Lipinski definition) is 2. The van der Waals surface area contributed by atoms with Crippen LogP contribution in [0.4, 0.5) is 24.7 Å². The monoisotopic (exact) mass is 284 g/mol. The average Bonchev–Trinajstić information content (AvgIpc) is 2.35. The van der Waals surface area contributed by atoms with Crippen molar-refractivity contribution in [3.63, 3.8) is 0 Å². The maximum absolute atomic E-state index is 13.5. The van der Waals surface area contributed by atoms with Crippen molar-refractivity contribution in [2.24, 2.45) is 5.73 Å². The SMILES string of the molecule is NC(=S)c1nccnc1Nc1cc(F)cc(F)c1F. The average molecular weight is 284 g/mol. The Bertz CT molecular complexity index is 648. The first kappa shape index (κ1) is 13.2. The molecule has 0 bridgehead atoms. The molecule has 0 saturated heterocycles. The number of thiocarbonyl (C=S) groups is 1. The molecule has 0 aliphatic carbocycles. The minimum Gasteiger partial charge on any atom is -0.388 e. The van der Waals surface area contributed by atoms with E-state index in [1.54, 1.807) is 0 Å². The predicted molar refractivity (Wildman–Crippen MR) is 67.5 cm³/mol. The summed E-state index contributed by atoms with van der Waals surface area (Å²) in [6.07, 6.45) is 2.64. The Kier molecular flexibility index (Phi) is 3.61. The first-order valence-electron chi connectivity index (χ1n) is 5.01. The molecule has 2 rings (SSSR count). The van der Waals surface area contributed by atoms with Crippen molar-refractivity contribution < 1.29 is 13.2 Å². The molecule has 4 nitrogen and oxygen atoms in total. The van der Waals surface area contributed by atoms with Gasteiger partial charge in [0.25, 0.3) is 0 Å². The number of rotatable bonds is 3. The Hall–Kier alpha value is -2.22.